The molecule has 1 unspecified atom stereocenters. The molecule has 96 valence electrons. The highest BCUT2D eigenvalue weighted by molar-refractivity contribution is 5.29. The second-order valence-electron chi connectivity index (χ2n) is 3.91. The molecule has 0 heterocycles. The summed E-state index contributed by atoms with van der Waals surface area (Å²) in [6.45, 7) is 3.60. The lowest BCUT2D eigenvalue weighted by molar-refractivity contribution is 0.0595. The smallest absolute Gasteiger partial charge is 0.123 e. The zero-order valence-corrected chi connectivity index (χ0v) is 10.6. The number of methoxy groups -OCH3 is 1. The van der Waals surface area contributed by atoms with Gasteiger partial charge in [-0.2, -0.15) is 0 Å². The lowest BCUT2D eigenvalue weighted by Gasteiger charge is -2.19. The molecule has 0 aromatic heterocycles. The first kappa shape index (κ1) is 14.1. The highest BCUT2D eigenvalue weighted by Gasteiger charge is 2.12. The summed E-state index contributed by atoms with van der Waals surface area (Å²) in [5, 5.41) is 3.17. The molecule has 1 aromatic rings. The summed E-state index contributed by atoms with van der Waals surface area (Å²) in [4.78, 5) is 0. The highest BCUT2D eigenvalue weighted by Crippen LogP contribution is 2.18. The molecule has 17 heavy (non-hydrogen) atoms. The van der Waals surface area contributed by atoms with Crippen molar-refractivity contribution < 1.29 is 13.9 Å². The fourth-order valence-electron chi connectivity index (χ4n) is 1.70. The van der Waals surface area contributed by atoms with Gasteiger partial charge < -0.3 is 14.8 Å². The van der Waals surface area contributed by atoms with Crippen molar-refractivity contribution in [3.8, 4) is 0 Å². The van der Waals surface area contributed by atoms with E-state index in [2.05, 4.69) is 5.32 Å². The fourth-order valence-corrected chi connectivity index (χ4v) is 1.70. The molecule has 0 aliphatic rings. The second kappa shape index (κ2) is 7.37. The van der Waals surface area contributed by atoms with Gasteiger partial charge >= 0.3 is 0 Å². The van der Waals surface area contributed by atoms with Gasteiger partial charge in [0.2, 0.25) is 0 Å². The molecule has 1 N–H and O–H groups in total. The number of likely N-dealkylation sites (N-methyl/N-ethyl adjacent to an activating group) is 1. The van der Waals surface area contributed by atoms with E-state index in [4.69, 9.17) is 9.47 Å². The van der Waals surface area contributed by atoms with Gasteiger partial charge in [-0.15, -0.1) is 0 Å². The van der Waals surface area contributed by atoms with Crippen LogP contribution >= 0.6 is 0 Å². The van der Waals surface area contributed by atoms with Crippen molar-refractivity contribution in [2.45, 2.75) is 13.0 Å². The summed E-state index contributed by atoms with van der Waals surface area (Å²) in [5.74, 6) is -0.207. The number of hydrogen-bond donors (Lipinski definition) is 1. The van der Waals surface area contributed by atoms with Gasteiger partial charge in [0.1, 0.15) is 5.82 Å². The molecule has 0 bridgehead atoms. The Balaban J connectivity index is 2.59. The molecule has 0 aliphatic heterocycles. The van der Waals surface area contributed by atoms with E-state index in [9.17, 15) is 4.39 Å². The van der Waals surface area contributed by atoms with E-state index in [0.29, 0.717) is 19.8 Å². The maximum atomic E-state index is 13.0. The normalized spacial score (nSPS) is 12.7. The average molecular weight is 241 g/mol. The van der Waals surface area contributed by atoms with Crippen LogP contribution in [0.3, 0.4) is 0 Å². The standard InChI is InChI=1S/C13H20FNO2/c1-10-8-11(14)4-5-12(10)13(15-2)9-17-7-6-16-3/h4-5,8,13,15H,6-7,9H2,1-3H3. The summed E-state index contributed by atoms with van der Waals surface area (Å²) in [6.07, 6.45) is 0. The predicted octanol–water partition coefficient (Wildman–Crippen LogP) is 2.06. The minimum atomic E-state index is -0.207. The van der Waals surface area contributed by atoms with E-state index >= 15 is 0 Å². The highest BCUT2D eigenvalue weighted by atomic mass is 19.1. The van der Waals surface area contributed by atoms with Crippen LogP contribution in [0, 0.1) is 12.7 Å². The minimum absolute atomic E-state index is 0.0763. The van der Waals surface area contributed by atoms with E-state index in [1.807, 2.05) is 14.0 Å². The second-order valence-corrected chi connectivity index (χ2v) is 3.91. The third-order valence-electron chi connectivity index (χ3n) is 2.67. The molecule has 0 spiro atoms. The van der Waals surface area contributed by atoms with Crippen molar-refractivity contribution in [1.29, 1.82) is 0 Å². The number of halogens is 1. The zero-order valence-electron chi connectivity index (χ0n) is 10.6. The van der Waals surface area contributed by atoms with Gasteiger partial charge in [0.15, 0.2) is 0 Å². The molecule has 4 heteroatoms. The van der Waals surface area contributed by atoms with Gasteiger partial charge in [0.05, 0.1) is 25.9 Å². The number of nitrogens with one attached hydrogen (secondary N) is 1. The largest absolute Gasteiger partial charge is 0.382 e. The van der Waals surface area contributed by atoms with Crippen molar-refractivity contribution in [1.82, 2.24) is 5.32 Å². The van der Waals surface area contributed by atoms with Gasteiger partial charge in [-0.3, -0.25) is 0 Å². The number of rotatable bonds is 7. The molecule has 0 saturated carbocycles. The van der Waals surface area contributed by atoms with Crippen molar-refractivity contribution >= 4 is 0 Å². The molecule has 1 atom stereocenters. The van der Waals surface area contributed by atoms with Crippen molar-refractivity contribution in [2.24, 2.45) is 0 Å². The Morgan fingerprint density at radius 2 is 2.12 bits per heavy atom. The van der Waals surface area contributed by atoms with Gasteiger partial charge in [-0.05, 0) is 37.2 Å². The summed E-state index contributed by atoms with van der Waals surface area (Å²) in [6, 6.07) is 4.88. The topological polar surface area (TPSA) is 30.5 Å². The molecule has 0 aliphatic carbocycles. The number of aryl methyl sites for hydroxylation is 1. The van der Waals surface area contributed by atoms with E-state index in [1.54, 1.807) is 13.2 Å². The first-order chi connectivity index (χ1) is 8.19. The molecule has 1 rings (SSSR count). The van der Waals surface area contributed by atoms with Gasteiger partial charge in [-0.25, -0.2) is 4.39 Å². The first-order valence-electron chi connectivity index (χ1n) is 5.69. The Labute approximate surface area is 102 Å². The van der Waals surface area contributed by atoms with E-state index in [-0.39, 0.29) is 11.9 Å². The fraction of sp³-hybridized carbons (Fsp3) is 0.538. The molecular formula is C13H20FNO2. The lowest BCUT2D eigenvalue weighted by Crippen LogP contribution is -2.23. The molecule has 0 fully saturated rings. The van der Waals surface area contributed by atoms with Crippen LogP contribution in [-0.4, -0.2) is 34.0 Å². The monoisotopic (exact) mass is 241 g/mol. The van der Waals surface area contributed by atoms with Crippen LogP contribution < -0.4 is 5.32 Å². The molecule has 0 amide bonds. The Morgan fingerprint density at radius 3 is 2.71 bits per heavy atom. The molecule has 1 aromatic carbocycles. The van der Waals surface area contributed by atoms with Crippen LogP contribution in [0.15, 0.2) is 18.2 Å². The van der Waals surface area contributed by atoms with E-state index in [0.717, 1.165) is 11.1 Å². The third kappa shape index (κ3) is 4.42. The summed E-state index contributed by atoms with van der Waals surface area (Å²) >= 11 is 0. The van der Waals surface area contributed by atoms with E-state index in [1.165, 1.54) is 12.1 Å². The Morgan fingerprint density at radius 1 is 1.35 bits per heavy atom. The third-order valence-corrected chi connectivity index (χ3v) is 2.67. The average Bonchev–Trinajstić information content (AvgIpc) is 2.31. The number of benzene rings is 1. The predicted molar refractivity (Wildman–Crippen MR) is 65.6 cm³/mol. The zero-order chi connectivity index (χ0) is 12.7. The van der Waals surface area contributed by atoms with Crippen LogP contribution in [0.2, 0.25) is 0 Å². The SMILES string of the molecule is CNC(COCCOC)c1ccc(F)cc1C. The van der Waals surface area contributed by atoms with E-state index < -0.39 is 0 Å². The quantitative estimate of drug-likeness (QED) is 0.741. The molecule has 0 saturated heterocycles. The molecular weight excluding hydrogens is 221 g/mol. The maximum Gasteiger partial charge on any atom is 0.123 e. The molecule has 3 nitrogen and oxygen atoms in total. The van der Waals surface area contributed by atoms with Gasteiger partial charge in [0.25, 0.3) is 0 Å². The maximum absolute atomic E-state index is 13.0. The number of hydrogen-bond acceptors (Lipinski definition) is 3. The lowest BCUT2D eigenvalue weighted by atomic mass is 10.0. The first-order valence-corrected chi connectivity index (χ1v) is 5.69. The van der Waals surface area contributed by atoms with Gasteiger partial charge in [-0.1, -0.05) is 6.07 Å². The van der Waals surface area contributed by atoms with Crippen LogP contribution in [0.4, 0.5) is 4.39 Å². The van der Waals surface area contributed by atoms with Crippen molar-refractivity contribution in [2.75, 3.05) is 34.0 Å². The minimum Gasteiger partial charge on any atom is -0.382 e. The Hall–Kier alpha value is -0.970. The van der Waals surface area contributed by atoms with Crippen molar-refractivity contribution in [3.05, 3.63) is 35.1 Å². The Kier molecular flexibility index (Phi) is 6.11. The van der Waals surface area contributed by atoms with Crippen LogP contribution in [-0.2, 0) is 9.47 Å². The summed E-state index contributed by atoms with van der Waals surface area (Å²) in [5.41, 5.74) is 1.99. The summed E-state index contributed by atoms with van der Waals surface area (Å²) < 4.78 is 23.4. The van der Waals surface area contributed by atoms with Crippen LogP contribution in [0.5, 0.6) is 0 Å². The molecule has 0 radical (unpaired) electrons. The van der Waals surface area contributed by atoms with Crippen molar-refractivity contribution in [3.63, 3.8) is 0 Å². The van der Waals surface area contributed by atoms with Crippen LogP contribution in [0.1, 0.15) is 17.2 Å². The summed E-state index contributed by atoms with van der Waals surface area (Å²) in [7, 11) is 3.51. The van der Waals surface area contributed by atoms with Gasteiger partial charge in [0, 0.05) is 7.11 Å². The van der Waals surface area contributed by atoms with Crippen LogP contribution in [0.25, 0.3) is 0 Å². The number of ether oxygens (including phenoxy) is 2. The Bertz CT molecular complexity index is 344.